The van der Waals surface area contributed by atoms with Crippen LogP contribution in [0, 0.1) is 6.92 Å². The fourth-order valence-corrected chi connectivity index (χ4v) is 4.21. The lowest BCUT2D eigenvalue weighted by Gasteiger charge is -2.32. The zero-order valence-corrected chi connectivity index (χ0v) is 15.8. The summed E-state index contributed by atoms with van der Waals surface area (Å²) < 4.78 is 3.85. The Morgan fingerprint density at radius 2 is 2.27 bits per heavy atom. The zero-order valence-electron chi connectivity index (χ0n) is 15.0. The Labute approximate surface area is 156 Å². The minimum absolute atomic E-state index is 0.0675. The second kappa shape index (κ2) is 7.03. The van der Waals surface area contributed by atoms with Crippen molar-refractivity contribution in [2.45, 2.75) is 32.2 Å². The lowest BCUT2D eigenvalue weighted by atomic mass is 9.96. The number of nitrogens with zero attached hydrogens (tertiary/aromatic N) is 6. The lowest BCUT2D eigenvalue weighted by molar-refractivity contribution is 0.0702. The third-order valence-electron chi connectivity index (χ3n) is 4.88. The molecule has 0 saturated carbocycles. The molecule has 3 aromatic heterocycles. The van der Waals surface area contributed by atoms with E-state index in [1.807, 2.05) is 43.0 Å². The molecule has 0 radical (unpaired) electrons. The molecule has 0 aliphatic carbocycles. The average molecular weight is 370 g/mol. The van der Waals surface area contributed by atoms with Crippen LogP contribution in [0.15, 0.2) is 29.5 Å². The summed E-state index contributed by atoms with van der Waals surface area (Å²) in [5.74, 6) is 1.36. The minimum Gasteiger partial charge on any atom is -0.338 e. The fourth-order valence-electron chi connectivity index (χ4n) is 3.66. The molecule has 1 atom stereocenters. The van der Waals surface area contributed by atoms with Crippen molar-refractivity contribution in [2.24, 2.45) is 7.05 Å². The van der Waals surface area contributed by atoms with E-state index >= 15 is 0 Å². The van der Waals surface area contributed by atoms with Crippen molar-refractivity contribution in [1.29, 1.82) is 0 Å². The number of imidazole rings is 1. The van der Waals surface area contributed by atoms with Crippen molar-refractivity contribution in [3.05, 3.63) is 52.3 Å². The molecule has 0 N–H and O–H groups in total. The number of likely N-dealkylation sites (tertiary alicyclic amines) is 1. The molecular formula is C18H22N6OS. The molecule has 3 aromatic rings. The summed E-state index contributed by atoms with van der Waals surface area (Å²) in [4.78, 5) is 23.8. The van der Waals surface area contributed by atoms with Crippen molar-refractivity contribution < 1.29 is 4.79 Å². The van der Waals surface area contributed by atoms with Crippen LogP contribution < -0.4 is 0 Å². The summed E-state index contributed by atoms with van der Waals surface area (Å²) in [6.07, 6.45) is 7.68. The highest BCUT2D eigenvalue weighted by atomic mass is 32.1. The van der Waals surface area contributed by atoms with Gasteiger partial charge in [0.1, 0.15) is 5.82 Å². The molecule has 4 heterocycles. The number of amides is 1. The smallest absolute Gasteiger partial charge is 0.257 e. The van der Waals surface area contributed by atoms with Crippen molar-refractivity contribution in [3.63, 3.8) is 0 Å². The number of thiazole rings is 1. The monoisotopic (exact) mass is 370 g/mol. The van der Waals surface area contributed by atoms with Gasteiger partial charge in [-0.3, -0.25) is 9.48 Å². The number of piperidine rings is 1. The van der Waals surface area contributed by atoms with E-state index in [0.29, 0.717) is 12.1 Å². The molecular weight excluding hydrogens is 348 g/mol. The summed E-state index contributed by atoms with van der Waals surface area (Å²) in [6.45, 7) is 4.10. The molecule has 1 aliphatic heterocycles. The van der Waals surface area contributed by atoms with Gasteiger partial charge in [0.15, 0.2) is 0 Å². The van der Waals surface area contributed by atoms with E-state index in [4.69, 9.17) is 0 Å². The third-order valence-corrected chi connectivity index (χ3v) is 5.52. The highest BCUT2D eigenvalue weighted by Gasteiger charge is 2.29. The quantitative estimate of drug-likeness (QED) is 0.707. The van der Waals surface area contributed by atoms with E-state index in [1.54, 1.807) is 16.0 Å². The number of aromatic nitrogens is 5. The third kappa shape index (κ3) is 3.29. The molecule has 7 nitrogen and oxygen atoms in total. The first-order valence-corrected chi connectivity index (χ1v) is 9.73. The van der Waals surface area contributed by atoms with Gasteiger partial charge in [0, 0.05) is 50.0 Å². The highest BCUT2D eigenvalue weighted by molar-refractivity contribution is 7.07. The summed E-state index contributed by atoms with van der Waals surface area (Å²) in [5.41, 5.74) is 4.37. The summed E-state index contributed by atoms with van der Waals surface area (Å²) >= 11 is 1.60. The fraction of sp³-hybridized carbons (Fsp3) is 0.444. The first-order chi connectivity index (χ1) is 12.6. The van der Waals surface area contributed by atoms with Crippen LogP contribution in [0.1, 0.15) is 46.3 Å². The number of rotatable bonds is 4. The maximum atomic E-state index is 12.9. The number of carbonyl (C=O) groups is 1. The van der Waals surface area contributed by atoms with Crippen LogP contribution in [0.2, 0.25) is 0 Å². The second-order valence-corrected chi connectivity index (χ2v) is 7.50. The summed E-state index contributed by atoms with van der Waals surface area (Å²) in [5, 5.41) is 6.36. The molecule has 136 valence electrons. The number of aryl methyl sites for hydroxylation is 2. The minimum atomic E-state index is 0.0675. The Morgan fingerprint density at radius 1 is 1.38 bits per heavy atom. The number of carbonyl (C=O) groups excluding carboxylic acids is 1. The SMILES string of the molecule is Cc1nn(C)cc1C(=O)N1CCC[C@H](c2nccn2Cc2cscn2)C1. The molecule has 26 heavy (non-hydrogen) atoms. The molecule has 8 heteroatoms. The zero-order chi connectivity index (χ0) is 18.1. The van der Waals surface area contributed by atoms with E-state index in [9.17, 15) is 4.79 Å². The van der Waals surface area contributed by atoms with E-state index in [-0.39, 0.29) is 11.8 Å². The van der Waals surface area contributed by atoms with E-state index in [2.05, 4.69) is 25.0 Å². The second-order valence-electron chi connectivity index (χ2n) is 6.79. The molecule has 0 spiro atoms. The Hall–Kier alpha value is -2.48. The van der Waals surface area contributed by atoms with Gasteiger partial charge in [0.2, 0.25) is 0 Å². The first kappa shape index (κ1) is 17.0. The Morgan fingerprint density at radius 3 is 3.00 bits per heavy atom. The maximum Gasteiger partial charge on any atom is 0.257 e. The van der Waals surface area contributed by atoms with Gasteiger partial charge in [-0.2, -0.15) is 5.10 Å². The number of hydrogen-bond acceptors (Lipinski definition) is 5. The molecule has 1 saturated heterocycles. The van der Waals surface area contributed by atoms with Gasteiger partial charge in [0.05, 0.1) is 29.0 Å². The predicted molar refractivity (Wildman–Crippen MR) is 99.3 cm³/mol. The largest absolute Gasteiger partial charge is 0.338 e. The molecule has 1 fully saturated rings. The van der Waals surface area contributed by atoms with Crippen LogP contribution in [0.4, 0.5) is 0 Å². The summed E-state index contributed by atoms with van der Waals surface area (Å²) in [6, 6.07) is 0. The maximum absolute atomic E-state index is 12.9. The standard InChI is InChI=1S/C18H22N6OS/c1-13-16(10-22(2)21-13)18(25)24-6-3-4-14(8-24)17-19-5-7-23(17)9-15-11-26-12-20-15/h5,7,10-12,14H,3-4,6,8-9H2,1-2H3/t14-/m0/s1. The van der Waals surface area contributed by atoms with Crippen LogP contribution in [0.3, 0.4) is 0 Å². The summed E-state index contributed by atoms with van der Waals surface area (Å²) in [7, 11) is 1.85. The van der Waals surface area contributed by atoms with Gasteiger partial charge >= 0.3 is 0 Å². The van der Waals surface area contributed by atoms with Gasteiger partial charge in [-0.05, 0) is 19.8 Å². The molecule has 1 aliphatic rings. The molecule has 1 amide bonds. The Bertz CT molecular complexity index is 897. The van der Waals surface area contributed by atoms with E-state index < -0.39 is 0 Å². The van der Waals surface area contributed by atoms with Crippen LogP contribution in [-0.4, -0.2) is 48.2 Å². The van der Waals surface area contributed by atoms with E-state index in [0.717, 1.165) is 43.1 Å². The van der Waals surface area contributed by atoms with Crippen LogP contribution in [0.25, 0.3) is 0 Å². The first-order valence-electron chi connectivity index (χ1n) is 8.79. The van der Waals surface area contributed by atoms with Crippen LogP contribution in [0.5, 0.6) is 0 Å². The lowest BCUT2D eigenvalue weighted by Crippen LogP contribution is -2.40. The topological polar surface area (TPSA) is 68.8 Å². The van der Waals surface area contributed by atoms with Crippen molar-refractivity contribution in [1.82, 2.24) is 29.2 Å². The molecule has 0 aromatic carbocycles. The van der Waals surface area contributed by atoms with Gasteiger partial charge < -0.3 is 9.47 Å². The van der Waals surface area contributed by atoms with Gasteiger partial charge in [-0.1, -0.05) is 0 Å². The molecule has 4 rings (SSSR count). The van der Waals surface area contributed by atoms with Crippen molar-refractivity contribution in [2.75, 3.05) is 13.1 Å². The van der Waals surface area contributed by atoms with Gasteiger partial charge in [-0.25, -0.2) is 9.97 Å². The van der Waals surface area contributed by atoms with E-state index in [1.165, 1.54) is 0 Å². The molecule has 0 bridgehead atoms. The van der Waals surface area contributed by atoms with Gasteiger partial charge in [-0.15, -0.1) is 11.3 Å². The van der Waals surface area contributed by atoms with Crippen LogP contribution in [-0.2, 0) is 13.6 Å². The number of hydrogen-bond donors (Lipinski definition) is 0. The van der Waals surface area contributed by atoms with Crippen molar-refractivity contribution in [3.8, 4) is 0 Å². The highest BCUT2D eigenvalue weighted by Crippen LogP contribution is 2.27. The average Bonchev–Trinajstić information content (AvgIpc) is 3.37. The normalized spacial score (nSPS) is 17.6. The van der Waals surface area contributed by atoms with Crippen molar-refractivity contribution >= 4 is 17.2 Å². The van der Waals surface area contributed by atoms with Gasteiger partial charge in [0.25, 0.3) is 5.91 Å². The Kier molecular flexibility index (Phi) is 4.58. The molecule has 0 unspecified atom stereocenters. The Balaban J connectivity index is 1.51. The van der Waals surface area contributed by atoms with Crippen LogP contribution >= 0.6 is 11.3 Å². The predicted octanol–water partition coefficient (Wildman–Crippen LogP) is 2.45.